The number of aromatic nitrogens is 3. The van der Waals surface area contributed by atoms with E-state index in [2.05, 4.69) is 15.4 Å². The van der Waals surface area contributed by atoms with Crippen molar-refractivity contribution in [2.24, 2.45) is 7.05 Å². The molecule has 0 aliphatic carbocycles. The fraction of sp³-hybridized carbons (Fsp3) is 0.263. The summed E-state index contributed by atoms with van der Waals surface area (Å²) in [5.41, 5.74) is 2.47. The van der Waals surface area contributed by atoms with E-state index in [1.807, 2.05) is 6.92 Å². The van der Waals surface area contributed by atoms with Crippen molar-refractivity contribution in [2.45, 2.75) is 19.9 Å². The van der Waals surface area contributed by atoms with Gasteiger partial charge in [0.15, 0.2) is 12.3 Å². The number of ether oxygens (including phenoxy) is 1. The Morgan fingerprint density at radius 3 is 2.71 bits per heavy atom. The molecule has 28 heavy (non-hydrogen) atoms. The number of rotatable bonds is 5. The summed E-state index contributed by atoms with van der Waals surface area (Å²) in [6, 6.07) is 6.44. The fourth-order valence-corrected chi connectivity index (χ4v) is 3.09. The lowest BCUT2D eigenvalue weighted by Gasteiger charge is -2.15. The van der Waals surface area contributed by atoms with Crippen molar-refractivity contribution in [3.63, 3.8) is 0 Å². The summed E-state index contributed by atoms with van der Waals surface area (Å²) < 4.78 is 6.74. The van der Waals surface area contributed by atoms with Crippen LogP contribution in [0.1, 0.15) is 34.6 Å². The monoisotopic (exact) mass is 420 g/mol. The lowest BCUT2D eigenvalue weighted by molar-refractivity contribution is -0.124. The van der Waals surface area contributed by atoms with Crippen molar-refractivity contribution < 1.29 is 14.3 Å². The first-order chi connectivity index (χ1) is 13.3. The van der Waals surface area contributed by atoms with Gasteiger partial charge in [-0.25, -0.2) is 9.78 Å². The Morgan fingerprint density at radius 2 is 2.00 bits per heavy atom. The standard InChI is InChI=1S/C19H18Cl2N4O3/c1-10(12-4-5-15(20)16(21)7-12)23-17(26)9-28-19(27)13-6-14-11(2)24-25(3)18(14)22-8-13/h4-8,10H,9H2,1-3H3,(H,23,26). The molecule has 0 saturated carbocycles. The van der Waals surface area contributed by atoms with Crippen LogP contribution in [0.25, 0.3) is 11.0 Å². The number of amides is 1. The van der Waals surface area contributed by atoms with Gasteiger partial charge >= 0.3 is 5.97 Å². The van der Waals surface area contributed by atoms with Crippen molar-refractivity contribution in [1.82, 2.24) is 20.1 Å². The molecule has 2 aromatic heterocycles. The van der Waals surface area contributed by atoms with Crippen molar-refractivity contribution in [3.8, 4) is 0 Å². The van der Waals surface area contributed by atoms with E-state index in [4.69, 9.17) is 27.9 Å². The first-order valence-corrected chi connectivity index (χ1v) is 9.22. The lowest BCUT2D eigenvalue weighted by Crippen LogP contribution is -2.31. The first-order valence-electron chi connectivity index (χ1n) is 8.47. The highest BCUT2D eigenvalue weighted by Crippen LogP contribution is 2.25. The highest BCUT2D eigenvalue weighted by atomic mass is 35.5. The van der Waals surface area contributed by atoms with E-state index in [1.54, 1.807) is 42.9 Å². The van der Waals surface area contributed by atoms with Gasteiger partial charge in [0.1, 0.15) is 0 Å². The largest absolute Gasteiger partial charge is 0.452 e. The van der Waals surface area contributed by atoms with Crippen LogP contribution >= 0.6 is 23.2 Å². The Morgan fingerprint density at radius 1 is 1.25 bits per heavy atom. The van der Waals surface area contributed by atoms with Gasteiger partial charge in [0, 0.05) is 18.6 Å². The maximum atomic E-state index is 12.2. The molecular weight excluding hydrogens is 403 g/mol. The SMILES string of the molecule is Cc1nn(C)c2ncc(C(=O)OCC(=O)NC(C)c3ccc(Cl)c(Cl)c3)cc12. The molecule has 0 bridgehead atoms. The molecule has 0 spiro atoms. The quantitative estimate of drug-likeness (QED) is 0.636. The molecule has 0 aliphatic heterocycles. The van der Waals surface area contributed by atoms with E-state index in [0.717, 1.165) is 16.6 Å². The minimum absolute atomic E-state index is 0.258. The Hall–Kier alpha value is -2.64. The van der Waals surface area contributed by atoms with Gasteiger partial charge in [0.25, 0.3) is 5.91 Å². The zero-order valence-electron chi connectivity index (χ0n) is 15.5. The van der Waals surface area contributed by atoms with E-state index in [1.165, 1.54) is 6.20 Å². The van der Waals surface area contributed by atoms with Gasteiger partial charge in [-0.05, 0) is 37.6 Å². The topological polar surface area (TPSA) is 86.1 Å². The zero-order valence-corrected chi connectivity index (χ0v) is 17.0. The van der Waals surface area contributed by atoms with Gasteiger partial charge in [-0.15, -0.1) is 0 Å². The first kappa shape index (κ1) is 20.1. The third-order valence-electron chi connectivity index (χ3n) is 4.25. The number of fused-ring (bicyclic) bond motifs is 1. The highest BCUT2D eigenvalue weighted by molar-refractivity contribution is 6.42. The highest BCUT2D eigenvalue weighted by Gasteiger charge is 2.16. The molecule has 2 heterocycles. The fourth-order valence-electron chi connectivity index (χ4n) is 2.78. The molecule has 146 valence electrons. The molecule has 3 aromatic rings. The number of hydrogen-bond donors (Lipinski definition) is 1. The zero-order chi connectivity index (χ0) is 20.4. The number of nitrogens with one attached hydrogen (secondary N) is 1. The number of halogens is 2. The molecule has 9 heteroatoms. The molecule has 0 fully saturated rings. The molecule has 1 unspecified atom stereocenters. The number of carbonyl (C=O) groups excluding carboxylic acids is 2. The number of pyridine rings is 1. The van der Waals surface area contributed by atoms with Crippen LogP contribution in [0.3, 0.4) is 0 Å². The average Bonchev–Trinajstić information content (AvgIpc) is 2.95. The van der Waals surface area contributed by atoms with Crippen molar-refractivity contribution in [1.29, 1.82) is 0 Å². The Balaban J connectivity index is 1.60. The second-order valence-corrected chi connectivity index (χ2v) is 7.16. The van der Waals surface area contributed by atoms with Crippen molar-refractivity contribution >= 4 is 46.1 Å². The van der Waals surface area contributed by atoms with Crippen LogP contribution in [0.2, 0.25) is 10.0 Å². The van der Waals surface area contributed by atoms with E-state index in [0.29, 0.717) is 15.7 Å². The van der Waals surface area contributed by atoms with E-state index in [-0.39, 0.29) is 11.6 Å². The van der Waals surface area contributed by atoms with Gasteiger partial charge in [-0.1, -0.05) is 29.3 Å². The van der Waals surface area contributed by atoms with Crippen LogP contribution in [0.5, 0.6) is 0 Å². The maximum absolute atomic E-state index is 12.2. The lowest BCUT2D eigenvalue weighted by atomic mass is 10.1. The molecule has 1 atom stereocenters. The van der Waals surface area contributed by atoms with E-state index < -0.39 is 18.5 Å². The van der Waals surface area contributed by atoms with Crippen LogP contribution in [0, 0.1) is 6.92 Å². The van der Waals surface area contributed by atoms with Gasteiger partial charge in [-0.3, -0.25) is 9.48 Å². The Kier molecular flexibility index (Phi) is 5.86. The summed E-state index contributed by atoms with van der Waals surface area (Å²) in [6.45, 7) is 3.22. The van der Waals surface area contributed by atoms with Gasteiger partial charge in [0.05, 0.1) is 27.3 Å². The van der Waals surface area contributed by atoms with Crippen LogP contribution in [0.15, 0.2) is 30.5 Å². The summed E-state index contributed by atoms with van der Waals surface area (Å²) in [6.07, 6.45) is 1.40. The summed E-state index contributed by atoms with van der Waals surface area (Å²) in [7, 11) is 1.78. The van der Waals surface area contributed by atoms with Gasteiger partial charge in [0.2, 0.25) is 0 Å². The molecule has 7 nitrogen and oxygen atoms in total. The molecule has 1 amide bonds. The normalized spacial score (nSPS) is 12.0. The average molecular weight is 421 g/mol. The number of carbonyl (C=O) groups is 2. The van der Waals surface area contributed by atoms with Crippen molar-refractivity contribution in [2.75, 3.05) is 6.61 Å². The second-order valence-electron chi connectivity index (χ2n) is 6.34. The third kappa shape index (κ3) is 4.26. The summed E-state index contributed by atoms with van der Waals surface area (Å²) in [5, 5.41) is 8.60. The van der Waals surface area contributed by atoms with E-state index >= 15 is 0 Å². The van der Waals surface area contributed by atoms with Crippen LogP contribution in [-0.4, -0.2) is 33.2 Å². The Bertz CT molecular complexity index is 1060. The minimum Gasteiger partial charge on any atom is -0.452 e. The number of aryl methyl sites for hydroxylation is 2. The van der Waals surface area contributed by atoms with Crippen LogP contribution < -0.4 is 5.32 Å². The van der Waals surface area contributed by atoms with E-state index in [9.17, 15) is 9.59 Å². The number of nitrogens with zero attached hydrogens (tertiary/aromatic N) is 3. The smallest absolute Gasteiger partial charge is 0.340 e. The molecule has 1 N–H and O–H groups in total. The number of benzene rings is 1. The predicted octanol–water partition coefficient (Wildman–Crippen LogP) is 3.62. The molecule has 1 aromatic carbocycles. The number of esters is 1. The number of hydrogen-bond acceptors (Lipinski definition) is 5. The molecule has 0 aliphatic rings. The predicted molar refractivity (Wildman–Crippen MR) is 107 cm³/mol. The summed E-state index contributed by atoms with van der Waals surface area (Å²) in [4.78, 5) is 28.6. The minimum atomic E-state index is -0.630. The van der Waals surface area contributed by atoms with Gasteiger partial charge < -0.3 is 10.1 Å². The molecule has 0 radical (unpaired) electrons. The van der Waals surface area contributed by atoms with Crippen LogP contribution in [-0.2, 0) is 16.6 Å². The Labute approximate surface area is 171 Å². The third-order valence-corrected chi connectivity index (χ3v) is 4.99. The second kappa shape index (κ2) is 8.16. The molecular formula is C19H18Cl2N4O3. The summed E-state index contributed by atoms with van der Waals surface area (Å²) >= 11 is 11.9. The van der Waals surface area contributed by atoms with Gasteiger partial charge in [-0.2, -0.15) is 5.10 Å². The summed E-state index contributed by atoms with van der Waals surface area (Å²) in [5.74, 6) is -1.06. The molecule has 3 rings (SSSR count). The van der Waals surface area contributed by atoms with Crippen LogP contribution in [0.4, 0.5) is 0 Å². The maximum Gasteiger partial charge on any atom is 0.340 e. The van der Waals surface area contributed by atoms with Crippen molar-refractivity contribution in [3.05, 3.63) is 57.3 Å². The molecule has 0 saturated heterocycles.